The number of aryl methyl sites for hydroxylation is 2. The molecule has 4 heterocycles. The summed E-state index contributed by atoms with van der Waals surface area (Å²) >= 11 is 0. The Morgan fingerprint density at radius 2 is 1.95 bits per heavy atom. The number of guanidine groups is 1. The normalized spacial score (nSPS) is 29.3. The highest BCUT2D eigenvalue weighted by molar-refractivity contribution is 5.99. The molecule has 4 atom stereocenters. The number of benzene rings is 2. The molecule has 7 heteroatoms. The molecule has 2 amide bonds. The molecule has 3 N–H and O–H groups in total. The molecule has 0 fully saturated rings. The second-order valence-electron chi connectivity index (χ2n) is 11.5. The van der Waals surface area contributed by atoms with Gasteiger partial charge in [-0.2, -0.15) is 0 Å². The summed E-state index contributed by atoms with van der Waals surface area (Å²) < 4.78 is 6.11. The van der Waals surface area contributed by atoms with E-state index in [9.17, 15) is 9.59 Å². The second kappa shape index (κ2) is 10.1. The first-order valence-corrected chi connectivity index (χ1v) is 14.3. The maximum Gasteiger partial charge on any atom is 0.232 e. The number of carbonyl (C=O) groups excluding carboxylic acids is 2. The SMILES string of the molecule is CC[C@@]12CCCCc3ccc4c(c3)C(CC4)NC(=O)CCC3COc4ccccc4[C@H]3N(C(=O)C1)C(N)=N2. The van der Waals surface area contributed by atoms with Crippen molar-refractivity contribution in [1.29, 1.82) is 0 Å². The van der Waals surface area contributed by atoms with E-state index in [0.29, 0.717) is 31.8 Å². The summed E-state index contributed by atoms with van der Waals surface area (Å²) in [5.41, 5.74) is 11.1. The largest absolute Gasteiger partial charge is 0.493 e. The predicted octanol–water partition coefficient (Wildman–Crippen LogP) is 4.74. The Balaban J connectivity index is 1.36. The van der Waals surface area contributed by atoms with E-state index in [1.54, 1.807) is 4.90 Å². The zero-order valence-corrected chi connectivity index (χ0v) is 22.2. The molecule has 5 aliphatic rings. The highest BCUT2D eigenvalue weighted by Gasteiger charge is 2.45. The molecule has 2 unspecified atom stereocenters. The molecule has 0 spiro atoms. The monoisotopic (exact) mass is 514 g/mol. The number of nitrogens with two attached hydrogens (primary N) is 1. The van der Waals surface area contributed by atoms with Crippen LogP contribution in [0.5, 0.6) is 5.75 Å². The van der Waals surface area contributed by atoms with E-state index in [1.165, 1.54) is 16.7 Å². The lowest BCUT2D eigenvalue weighted by Gasteiger charge is -2.44. The highest BCUT2D eigenvalue weighted by Crippen LogP contribution is 2.44. The molecule has 4 bridgehead atoms. The van der Waals surface area contributed by atoms with Crippen LogP contribution in [0, 0.1) is 5.92 Å². The first kappa shape index (κ1) is 25.0. The third-order valence-electron chi connectivity index (χ3n) is 9.14. The Bertz CT molecular complexity index is 1270. The van der Waals surface area contributed by atoms with Gasteiger partial charge >= 0.3 is 0 Å². The average Bonchev–Trinajstić information content (AvgIpc) is 3.31. The summed E-state index contributed by atoms with van der Waals surface area (Å²) in [4.78, 5) is 33.7. The lowest BCUT2D eigenvalue weighted by atomic mass is 9.82. The molecule has 2 aromatic carbocycles. The number of amides is 2. The number of aliphatic imine (C=N–C) groups is 1. The predicted molar refractivity (Wildman–Crippen MR) is 147 cm³/mol. The van der Waals surface area contributed by atoms with E-state index < -0.39 is 5.54 Å². The van der Waals surface area contributed by atoms with Crippen molar-refractivity contribution in [3.05, 3.63) is 64.7 Å². The van der Waals surface area contributed by atoms with Gasteiger partial charge in [-0.15, -0.1) is 0 Å². The van der Waals surface area contributed by atoms with Gasteiger partial charge in [0.05, 0.1) is 30.7 Å². The fourth-order valence-electron chi connectivity index (χ4n) is 6.97. The van der Waals surface area contributed by atoms with Crippen molar-refractivity contribution in [2.75, 3.05) is 6.61 Å². The molecule has 4 aliphatic heterocycles. The maximum atomic E-state index is 13.8. The van der Waals surface area contributed by atoms with Crippen molar-refractivity contribution in [2.45, 2.75) is 88.8 Å². The van der Waals surface area contributed by atoms with Crippen LogP contribution in [-0.2, 0) is 22.4 Å². The van der Waals surface area contributed by atoms with Crippen molar-refractivity contribution >= 4 is 17.8 Å². The molecule has 7 rings (SSSR count). The van der Waals surface area contributed by atoms with Gasteiger partial charge in [0.15, 0.2) is 5.96 Å². The summed E-state index contributed by atoms with van der Waals surface area (Å²) in [6, 6.07) is 14.4. The number of fused-ring (bicyclic) bond motifs is 8. The number of nitrogens with zero attached hydrogens (tertiary/aromatic N) is 2. The van der Waals surface area contributed by atoms with Crippen molar-refractivity contribution < 1.29 is 14.3 Å². The number of rotatable bonds is 1. The van der Waals surface area contributed by atoms with Crippen LogP contribution < -0.4 is 15.8 Å². The number of nitrogens with one attached hydrogen (secondary N) is 1. The molecule has 38 heavy (non-hydrogen) atoms. The Hall–Kier alpha value is -3.35. The Morgan fingerprint density at radius 3 is 2.79 bits per heavy atom. The molecule has 2 aromatic rings. The lowest BCUT2D eigenvalue weighted by Crippen LogP contribution is -2.55. The number of ether oxygens (including phenoxy) is 1. The minimum atomic E-state index is -0.452. The van der Waals surface area contributed by atoms with E-state index >= 15 is 0 Å². The maximum absolute atomic E-state index is 13.8. The second-order valence-corrected chi connectivity index (χ2v) is 11.5. The topological polar surface area (TPSA) is 97.0 Å². The molecule has 0 saturated heterocycles. The lowest BCUT2D eigenvalue weighted by molar-refractivity contribution is -0.133. The van der Waals surface area contributed by atoms with Crippen molar-refractivity contribution in [3.63, 3.8) is 0 Å². The van der Waals surface area contributed by atoms with Crippen LogP contribution in [0.1, 0.15) is 92.6 Å². The quantitative estimate of drug-likeness (QED) is 0.574. The summed E-state index contributed by atoms with van der Waals surface area (Å²) in [7, 11) is 0. The third-order valence-corrected chi connectivity index (χ3v) is 9.14. The van der Waals surface area contributed by atoms with Crippen molar-refractivity contribution in [2.24, 2.45) is 16.6 Å². The van der Waals surface area contributed by atoms with Gasteiger partial charge < -0.3 is 15.8 Å². The fraction of sp³-hybridized carbons (Fsp3) is 0.516. The molecular formula is C31H38N4O3. The standard InChI is InChI=1S/C31H38N4O3/c1-2-31-16-6-5-7-20-10-11-21-12-14-25(24(21)17-20)33-27(36)15-13-22-19-38-26-9-4-3-8-23(26)29(22)35(28(37)18-31)30(32)34-31/h3-4,8-11,17,22,25,29H,2,5-7,12-16,18-19H2,1H3,(H2,32,34)(H,33,36)/t22?,25?,29-,31+/m0/s1. The van der Waals surface area contributed by atoms with E-state index in [4.69, 9.17) is 15.5 Å². The van der Waals surface area contributed by atoms with Crippen LogP contribution >= 0.6 is 0 Å². The van der Waals surface area contributed by atoms with E-state index in [0.717, 1.165) is 56.3 Å². The Kier molecular flexibility index (Phi) is 6.62. The molecule has 200 valence electrons. The molecular weight excluding hydrogens is 476 g/mol. The first-order chi connectivity index (χ1) is 18.5. The van der Waals surface area contributed by atoms with Gasteiger partial charge in [0.25, 0.3) is 0 Å². The molecule has 7 nitrogen and oxygen atoms in total. The summed E-state index contributed by atoms with van der Waals surface area (Å²) in [6.45, 7) is 2.54. The molecule has 1 aliphatic carbocycles. The van der Waals surface area contributed by atoms with Crippen LogP contribution in [0.3, 0.4) is 0 Å². The number of carbonyl (C=O) groups is 2. The molecule has 0 saturated carbocycles. The summed E-state index contributed by atoms with van der Waals surface area (Å²) in [6.07, 6.45) is 7.90. The van der Waals surface area contributed by atoms with Crippen LogP contribution in [-0.4, -0.2) is 34.8 Å². The molecule has 0 radical (unpaired) electrons. The van der Waals surface area contributed by atoms with Gasteiger partial charge in [-0.05, 0) is 67.7 Å². The van der Waals surface area contributed by atoms with Gasteiger partial charge in [0, 0.05) is 17.9 Å². The average molecular weight is 515 g/mol. The first-order valence-electron chi connectivity index (χ1n) is 14.3. The van der Waals surface area contributed by atoms with Crippen molar-refractivity contribution in [1.82, 2.24) is 10.2 Å². The number of para-hydroxylation sites is 1. The minimum Gasteiger partial charge on any atom is -0.493 e. The van der Waals surface area contributed by atoms with E-state index in [-0.39, 0.29) is 29.8 Å². The van der Waals surface area contributed by atoms with Gasteiger partial charge in [-0.3, -0.25) is 14.5 Å². The Labute approximate surface area is 224 Å². The third kappa shape index (κ3) is 4.56. The van der Waals surface area contributed by atoms with Crippen LogP contribution in [0.2, 0.25) is 0 Å². The van der Waals surface area contributed by atoms with Gasteiger partial charge in [0.2, 0.25) is 11.8 Å². The van der Waals surface area contributed by atoms with E-state index in [2.05, 4.69) is 30.4 Å². The molecule has 0 aromatic heterocycles. The smallest absolute Gasteiger partial charge is 0.232 e. The number of hydrogen-bond acceptors (Lipinski definition) is 5. The van der Waals surface area contributed by atoms with Crippen LogP contribution in [0.4, 0.5) is 0 Å². The summed E-state index contributed by atoms with van der Waals surface area (Å²) in [5, 5.41) is 3.30. The fourth-order valence-corrected chi connectivity index (χ4v) is 6.97. The minimum absolute atomic E-state index is 0.0165. The van der Waals surface area contributed by atoms with E-state index in [1.807, 2.05) is 24.3 Å². The zero-order chi connectivity index (χ0) is 26.3. The van der Waals surface area contributed by atoms with Gasteiger partial charge in [-0.1, -0.05) is 49.7 Å². The van der Waals surface area contributed by atoms with Crippen molar-refractivity contribution in [3.8, 4) is 5.75 Å². The van der Waals surface area contributed by atoms with Gasteiger partial charge in [-0.25, -0.2) is 4.99 Å². The number of hydrogen-bond donors (Lipinski definition) is 2. The zero-order valence-electron chi connectivity index (χ0n) is 22.2. The van der Waals surface area contributed by atoms with Crippen LogP contribution in [0.25, 0.3) is 0 Å². The summed E-state index contributed by atoms with van der Waals surface area (Å²) in [5.74, 6) is 1.06. The van der Waals surface area contributed by atoms with Gasteiger partial charge in [0.1, 0.15) is 5.75 Å². The highest BCUT2D eigenvalue weighted by atomic mass is 16.5. The Morgan fingerprint density at radius 1 is 1.08 bits per heavy atom. The van der Waals surface area contributed by atoms with Crippen LogP contribution in [0.15, 0.2) is 47.5 Å².